The van der Waals surface area contributed by atoms with E-state index in [0.717, 1.165) is 6.54 Å². The van der Waals surface area contributed by atoms with Crippen LogP contribution in [0.1, 0.15) is 12.8 Å². The van der Waals surface area contributed by atoms with Gasteiger partial charge in [0.15, 0.2) is 0 Å². The van der Waals surface area contributed by atoms with Crippen LogP contribution in [0.5, 0.6) is 0 Å². The van der Waals surface area contributed by atoms with Crippen LogP contribution in [-0.4, -0.2) is 40.8 Å². The Balaban J connectivity index is 2.04. The lowest BCUT2D eigenvalue weighted by Gasteiger charge is -2.34. The molecule has 1 aliphatic rings. The number of thioether (sulfide) groups is 1. The van der Waals surface area contributed by atoms with E-state index in [1.807, 2.05) is 12.4 Å². The summed E-state index contributed by atoms with van der Waals surface area (Å²) in [6.45, 7) is 1.63. The molecule has 0 atom stereocenters. The van der Waals surface area contributed by atoms with E-state index in [9.17, 15) is 0 Å². The second-order valence-corrected chi connectivity index (χ2v) is 5.01. The Labute approximate surface area is 94.6 Å². The first-order valence-electron chi connectivity index (χ1n) is 5.45. The highest BCUT2D eigenvalue weighted by Crippen LogP contribution is 2.25. The minimum Gasteiger partial charge on any atom is -0.365 e. The van der Waals surface area contributed by atoms with Gasteiger partial charge in [0.25, 0.3) is 0 Å². The van der Waals surface area contributed by atoms with Gasteiger partial charge in [-0.15, -0.1) is 0 Å². The summed E-state index contributed by atoms with van der Waals surface area (Å²) in [4.78, 5) is 2.39. The van der Waals surface area contributed by atoms with Gasteiger partial charge in [0.1, 0.15) is 0 Å². The molecule has 0 bridgehead atoms. The van der Waals surface area contributed by atoms with Gasteiger partial charge < -0.3 is 10.6 Å². The lowest BCUT2D eigenvalue weighted by Crippen LogP contribution is -2.40. The first-order chi connectivity index (χ1) is 7.42. The van der Waals surface area contributed by atoms with Crippen molar-refractivity contribution in [3.8, 4) is 0 Å². The summed E-state index contributed by atoms with van der Waals surface area (Å²) in [5.74, 6) is 2.53. The minimum atomic E-state index is 0.646. The number of aromatic amines is 1. The zero-order chi connectivity index (χ0) is 10.5. The standard InChI is InChI=1S/C10H18N4S/c11-3-4-14(10-7-12-13-8-10)9-1-5-15-6-2-9/h7-9H,1-6,11H2,(H,12,13). The van der Waals surface area contributed by atoms with Crippen LogP contribution >= 0.6 is 11.8 Å². The molecule has 2 rings (SSSR count). The molecular formula is C10H18N4S. The highest BCUT2D eigenvalue weighted by atomic mass is 32.2. The van der Waals surface area contributed by atoms with Gasteiger partial charge in [-0.1, -0.05) is 0 Å². The van der Waals surface area contributed by atoms with E-state index in [1.54, 1.807) is 0 Å². The van der Waals surface area contributed by atoms with Gasteiger partial charge >= 0.3 is 0 Å². The van der Waals surface area contributed by atoms with Crippen molar-refractivity contribution in [2.45, 2.75) is 18.9 Å². The van der Waals surface area contributed by atoms with Crippen LogP contribution in [0.15, 0.2) is 12.4 Å². The Kier molecular flexibility index (Phi) is 3.91. The van der Waals surface area contributed by atoms with Crippen molar-refractivity contribution in [2.75, 3.05) is 29.5 Å². The number of hydrogen-bond donors (Lipinski definition) is 2. The minimum absolute atomic E-state index is 0.646. The molecule has 15 heavy (non-hydrogen) atoms. The summed E-state index contributed by atoms with van der Waals surface area (Å²) >= 11 is 2.05. The van der Waals surface area contributed by atoms with Gasteiger partial charge in [0, 0.05) is 25.3 Å². The van der Waals surface area contributed by atoms with Crippen LogP contribution in [0, 0.1) is 0 Å². The van der Waals surface area contributed by atoms with Gasteiger partial charge in [-0.25, -0.2) is 0 Å². The zero-order valence-electron chi connectivity index (χ0n) is 8.85. The fourth-order valence-electron chi connectivity index (χ4n) is 2.06. The van der Waals surface area contributed by atoms with Crippen molar-refractivity contribution in [1.29, 1.82) is 0 Å². The summed E-state index contributed by atoms with van der Waals surface area (Å²) in [7, 11) is 0. The molecule has 1 saturated heterocycles. The number of aromatic nitrogens is 2. The summed E-state index contributed by atoms with van der Waals surface area (Å²) in [6.07, 6.45) is 6.36. The lowest BCUT2D eigenvalue weighted by atomic mass is 10.1. The average molecular weight is 226 g/mol. The Morgan fingerprint density at radius 2 is 2.33 bits per heavy atom. The van der Waals surface area contributed by atoms with Crippen LogP contribution in [-0.2, 0) is 0 Å². The molecule has 0 aromatic carbocycles. The van der Waals surface area contributed by atoms with Crippen molar-refractivity contribution >= 4 is 17.4 Å². The molecule has 4 nitrogen and oxygen atoms in total. The van der Waals surface area contributed by atoms with Gasteiger partial charge in [0.2, 0.25) is 0 Å². The predicted octanol–water partition coefficient (Wildman–Crippen LogP) is 1.07. The molecule has 0 spiro atoms. The van der Waals surface area contributed by atoms with Crippen LogP contribution < -0.4 is 10.6 Å². The fourth-order valence-corrected chi connectivity index (χ4v) is 3.14. The van der Waals surface area contributed by atoms with Gasteiger partial charge in [0.05, 0.1) is 11.9 Å². The highest BCUT2D eigenvalue weighted by Gasteiger charge is 2.21. The van der Waals surface area contributed by atoms with Gasteiger partial charge in [-0.3, -0.25) is 5.10 Å². The number of H-pyrrole nitrogens is 1. The van der Waals surface area contributed by atoms with E-state index in [-0.39, 0.29) is 0 Å². The Morgan fingerprint density at radius 1 is 1.53 bits per heavy atom. The third-order valence-corrected chi connectivity index (χ3v) is 3.87. The van der Waals surface area contributed by atoms with Gasteiger partial charge in [-0.05, 0) is 24.3 Å². The fraction of sp³-hybridized carbons (Fsp3) is 0.700. The van der Waals surface area contributed by atoms with Crippen molar-refractivity contribution in [3.05, 3.63) is 12.4 Å². The van der Waals surface area contributed by atoms with E-state index < -0.39 is 0 Å². The van der Waals surface area contributed by atoms with Crippen molar-refractivity contribution in [1.82, 2.24) is 10.2 Å². The largest absolute Gasteiger partial charge is 0.365 e. The van der Waals surface area contributed by atoms with E-state index in [1.165, 1.54) is 30.0 Å². The average Bonchev–Trinajstić information content (AvgIpc) is 2.80. The third-order valence-electron chi connectivity index (χ3n) is 2.82. The molecule has 0 saturated carbocycles. The number of hydrogen-bond acceptors (Lipinski definition) is 4. The molecule has 0 radical (unpaired) electrons. The topological polar surface area (TPSA) is 57.9 Å². The van der Waals surface area contributed by atoms with E-state index in [4.69, 9.17) is 5.73 Å². The third kappa shape index (κ3) is 2.66. The number of anilines is 1. The SMILES string of the molecule is NCCN(c1cn[nH]c1)C1CCSCC1. The molecule has 3 N–H and O–H groups in total. The monoisotopic (exact) mass is 226 g/mol. The summed E-state index contributed by atoms with van der Waals surface area (Å²) in [6, 6.07) is 0.646. The quantitative estimate of drug-likeness (QED) is 0.806. The van der Waals surface area contributed by atoms with E-state index in [0.29, 0.717) is 12.6 Å². The molecule has 0 amide bonds. The molecule has 84 valence electrons. The van der Waals surface area contributed by atoms with E-state index >= 15 is 0 Å². The second kappa shape index (κ2) is 5.42. The first-order valence-corrected chi connectivity index (χ1v) is 6.60. The maximum atomic E-state index is 5.66. The molecule has 1 aromatic heterocycles. The number of rotatable bonds is 4. The van der Waals surface area contributed by atoms with Crippen molar-refractivity contribution in [2.24, 2.45) is 5.73 Å². The summed E-state index contributed by atoms with van der Waals surface area (Å²) in [5, 5.41) is 6.88. The van der Waals surface area contributed by atoms with Crippen LogP contribution in [0.25, 0.3) is 0 Å². The lowest BCUT2D eigenvalue weighted by molar-refractivity contribution is 0.556. The predicted molar refractivity (Wildman–Crippen MR) is 65.3 cm³/mol. The van der Waals surface area contributed by atoms with Crippen molar-refractivity contribution in [3.63, 3.8) is 0 Å². The summed E-state index contributed by atoms with van der Waals surface area (Å²) < 4.78 is 0. The molecule has 2 heterocycles. The molecule has 1 fully saturated rings. The Morgan fingerprint density at radius 3 is 2.93 bits per heavy atom. The van der Waals surface area contributed by atoms with Crippen molar-refractivity contribution < 1.29 is 0 Å². The zero-order valence-corrected chi connectivity index (χ0v) is 9.67. The first kappa shape index (κ1) is 10.8. The normalized spacial score (nSPS) is 17.9. The molecular weight excluding hydrogens is 208 g/mol. The maximum Gasteiger partial charge on any atom is 0.0752 e. The highest BCUT2D eigenvalue weighted by molar-refractivity contribution is 7.99. The smallest absolute Gasteiger partial charge is 0.0752 e. The van der Waals surface area contributed by atoms with Crippen LogP contribution in [0.3, 0.4) is 0 Å². The van der Waals surface area contributed by atoms with E-state index in [2.05, 4.69) is 26.9 Å². The molecule has 0 aliphatic carbocycles. The number of nitrogens with zero attached hydrogens (tertiary/aromatic N) is 2. The Hall–Kier alpha value is -0.680. The van der Waals surface area contributed by atoms with Crippen LogP contribution in [0.4, 0.5) is 5.69 Å². The molecule has 5 heteroatoms. The summed E-state index contributed by atoms with van der Waals surface area (Å²) in [5.41, 5.74) is 6.84. The van der Waals surface area contributed by atoms with Crippen LogP contribution in [0.2, 0.25) is 0 Å². The van der Waals surface area contributed by atoms with Gasteiger partial charge in [-0.2, -0.15) is 16.9 Å². The molecule has 1 aliphatic heterocycles. The Bertz CT molecular complexity index is 269. The number of nitrogens with two attached hydrogens (primary N) is 1. The second-order valence-electron chi connectivity index (χ2n) is 3.78. The molecule has 1 aromatic rings. The number of nitrogens with one attached hydrogen (secondary N) is 1. The maximum absolute atomic E-state index is 5.66. The molecule has 0 unspecified atom stereocenters.